The number of carbonyl (C=O) groups excluding carboxylic acids is 1. The first kappa shape index (κ1) is 13.5. The van der Waals surface area contributed by atoms with E-state index in [1.165, 1.54) is 0 Å². The second kappa shape index (κ2) is 6.86. The highest BCUT2D eigenvalue weighted by Crippen LogP contribution is 2.13. The van der Waals surface area contributed by atoms with Crippen LogP contribution in [0.1, 0.15) is 10.6 Å². The molecule has 1 aromatic heterocycles. The summed E-state index contributed by atoms with van der Waals surface area (Å²) >= 11 is 3.12. The molecule has 0 fully saturated rings. The average molecular weight is 284 g/mol. The molecule has 2 N–H and O–H groups in total. The number of carbonyl (C=O) groups is 1. The van der Waals surface area contributed by atoms with Crippen molar-refractivity contribution >= 4 is 34.2 Å². The van der Waals surface area contributed by atoms with Crippen LogP contribution in [0.3, 0.4) is 0 Å². The van der Waals surface area contributed by atoms with E-state index in [1.807, 2.05) is 7.05 Å². The van der Waals surface area contributed by atoms with Crippen LogP contribution in [0.5, 0.6) is 0 Å². The fraction of sp³-hybridized carbons (Fsp3) is 0.375. The van der Waals surface area contributed by atoms with E-state index < -0.39 is 0 Å². The van der Waals surface area contributed by atoms with Gasteiger partial charge >= 0.3 is 0 Å². The monoisotopic (exact) mass is 282 g/mol. The fourth-order valence-electron chi connectivity index (χ4n) is 0.824. The minimum Gasteiger partial charge on any atom is -0.444 e. The summed E-state index contributed by atoms with van der Waals surface area (Å²) in [6.07, 6.45) is 0. The Morgan fingerprint density at radius 2 is 2.21 bits per heavy atom. The van der Waals surface area contributed by atoms with Crippen molar-refractivity contribution in [3.63, 3.8) is 0 Å². The van der Waals surface area contributed by atoms with E-state index in [1.54, 1.807) is 12.1 Å². The summed E-state index contributed by atoms with van der Waals surface area (Å²) in [5.74, 6) is 0.129. The number of rotatable bonds is 4. The summed E-state index contributed by atoms with van der Waals surface area (Å²) in [5, 5.41) is 5.62. The smallest absolute Gasteiger partial charge is 0.287 e. The van der Waals surface area contributed by atoms with Crippen molar-refractivity contribution in [3.05, 3.63) is 22.6 Å². The zero-order chi connectivity index (χ0) is 9.68. The highest BCUT2D eigenvalue weighted by molar-refractivity contribution is 9.10. The van der Waals surface area contributed by atoms with E-state index in [9.17, 15) is 4.79 Å². The molecule has 0 saturated carbocycles. The first-order chi connectivity index (χ1) is 6.24. The zero-order valence-corrected chi connectivity index (χ0v) is 10.1. The Morgan fingerprint density at radius 3 is 2.71 bits per heavy atom. The second-order valence-corrected chi connectivity index (χ2v) is 3.24. The molecule has 0 spiro atoms. The van der Waals surface area contributed by atoms with Gasteiger partial charge in [-0.05, 0) is 35.1 Å². The molecule has 0 aliphatic rings. The summed E-state index contributed by atoms with van der Waals surface area (Å²) in [6.45, 7) is 1.33. The van der Waals surface area contributed by atoms with E-state index >= 15 is 0 Å². The molecule has 1 rings (SSSR count). The van der Waals surface area contributed by atoms with Gasteiger partial charge in [-0.2, -0.15) is 0 Å². The summed E-state index contributed by atoms with van der Waals surface area (Å²) in [7, 11) is 1.83. The quantitative estimate of drug-likeness (QED) is 0.822. The Bertz CT molecular complexity index is 291. The highest BCUT2D eigenvalue weighted by Gasteiger charge is 2.08. The highest BCUT2D eigenvalue weighted by atomic mass is 79.9. The fourth-order valence-corrected chi connectivity index (χ4v) is 1.13. The molecular formula is C8H12BrClN2O2. The molecule has 0 aliphatic heterocycles. The van der Waals surface area contributed by atoms with E-state index in [2.05, 4.69) is 26.6 Å². The first-order valence-corrected chi connectivity index (χ1v) is 4.71. The van der Waals surface area contributed by atoms with Crippen LogP contribution in [0, 0.1) is 0 Å². The molecule has 14 heavy (non-hydrogen) atoms. The molecule has 80 valence electrons. The molecule has 0 unspecified atom stereocenters. The molecule has 4 nitrogen and oxygen atoms in total. The molecule has 6 heteroatoms. The summed E-state index contributed by atoms with van der Waals surface area (Å²) in [4.78, 5) is 11.3. The minimum atomic E-state index is -0.194. The maximum Gasteiger partial charge on any atom is 0.287 e. The number of nitrogens with one attached hydrogen (secondary N) is 2. The van der Waals surface area contributed by atoms with Crippen LogP contribution in [0.25, 0.3) is 0 Å². The number of amides is 1. The predicted octanol–water partition coefficient (Wildman–Crippen LogP) is 1.41. The predicted molar refractivity (Wildman–Crippen MR) is 59.9 cm³/mol. The molecule has 0 bridgehead atoms. The average Bonchev–Trinajstić information content (AvgIpc) is 2.52. The molecule has 0 aliphatic carbocycles. The number of furan rings is 1. The molecule has 0 saturated heterocycles. The van der Waals surface area contributed by atoms with Crippen LogP contribution in [0.2, 0.25) is 0 Å². The number of hydrogen-bond donors (Lipinski definition) is 2. The third-order valence-electron chi connectivity index (χ3n) is 1.46. The van der Waals surface area contributed by atoms with Gasteiger partial charge in [-0.15, -0.1) is 12.4 Å². The van der Waals surface area contributed by atoms with Gasteiger partial charge in [-0.25, -0.2) is 0 Å². The van der Waals surface area contributed by atoms with Crippen LogP contribution in [0.15, 0.2) is 21.2 Å². The lowest BCUT2D eigenvalue weighted by atomic mass is 10.4. The van der Waals surface area contributed by atoms with Gasteiger partial charge < -0.3 is 15.1 Å². The van der Waals surface area contributed by atoms with Crippen LogP contribution in [0.4, 0.5) is 0 Å². The Labute approximate surface area is 97.0 Å². The van der Waals surface area contributed by atoms with E-state index in [0.717, 1.165) is 6.54 Å². The lowest BCUT2D eigenvalue weighted by Crippen LogP contribution is -2.30. The minimum absolute atomic E-state index is 0. The van der Waals surface area contributed by atoms with Crippen molar-refractivity contribution in [1.82, 2.24) is 10.6 Å². The van der Waals surface area contributed by atoms with Crippen molar-refractivity contribution in [2.45, 2.75) is 0 Å². The van der Waals surface area contributed by atoms with Gasteiger partial charge in [0.15, 0.2) is 10.4 Å². The Morgan fingerprint density at radius 1 is 1.50 bits per heavy atom. The van der Waals surface area contributed by atoms with Crippen molar-refractivity contribution in [2.75, 3.05) is 20.1 Å². The summed E-state index contributed by atoms with van der Waals surface area (Å²) in [5.41, 5.74) is 0. The van der Waals surface area contributed by atoms with Gasteiger partial charge in [0.25, 0.3) is 5.91 Å². The van der Waals surface area contributed by atoms with Crippen molar-refractivity contribution in [3.8, 4) is 0 Å². The van der Waals surface area contributed by atoms with Crippen LogP contribution < -0.4 is 10.6 Å². The number of halogens is 2. The molecule has 0 atom stereocenters. The maximum atomic E-state index is 11.3. The normalized spacial score (nSPS) is 9.29. The van der Waals surface area contributed by atoms with Crippen LogP contribution in [-0.2, 0) is 0 Å². The van der Waals surface area contributed by atoms with Gasteiger partial charge in [0.1, 0.15) is 0 Å². The number of hydrogen-bond acceptors (Lipinski definition) is 3. The molecule has 1 amide bonds. The largest absolute Gasteiger partial charge is 0.444 e. The molecule has 1 heterocycles. The lowest BCUT2D eigenvalue weighted by molar-refractivity contribution is 0.0925. The third kappa shape index (κ3) is 4.13. The SMILES string of the molecule is CNCCNC(=O)c1ccc(Br)o1.Cl. The van der Waals surface area contributed by atoms with Crippen molar-refractivity contribution in [1.29, 1.82) is 0 Å². The molecule has 0 aromatic carbocycles. The first-order valence-electron chi connectivity index (χ1n) is 3.92. The van der Waals surface area contributed by atoms with E-state index in [-0.39, 0.29) is 18.3 Å². The third-order valence-corrected chi connectivity index (χ3v) is 1.88. The standard InChI is InChI=1S/C8H11BrN2O2.ClH/c1-10-4-5-11-8(12)6-2-3-7(9)13-6;/h2-3,10H,4-5H2,1H3,(H,11,12);1H. The van der Waals surface area contributed by atoms with Gasteiger partial charge in [0, 0.05) is 13.1 Å². The summed E-state index contributed by atoms with van der Waals surface area (Å²) in [6, 6.07) is 3.31. The molecule has 0 radical (unpaired) electrons. The van der Waals surface area contributed by atoms with E-state index in [0.29, 0.717) is 17.0 Å². The zero-order valence-electron chi connectivity index (χ0n) is 7.67. The number of likely N-dealkylation sites (N-methyl/N-ethyl adjacent to an activating group) is 1. The van der Waals surface area contributed by atoms with Gasteiger partial charge in [-0.3, -0.25) is 4.79 Å². The van der Waals surface area contributed by atoms with Crippen molar-refractivity contribution < 1.29 is 9.21 Å². The Kier molecular flexibility index (Phi) is 6.61. The van der Waals surface area contributed by atoms with Crippen LogP contribution in [-0.4, -0.2) is 26.0 Å². The van der Waals surface area contributed by atoms with Gasteiger partial charge in [0.2, 0.25) is 0 Å². The topological polar surface area (TPSA) is 54.3 Å². The maximum absolute atomic E-state index is 11.3. The summed E-state index contributed by atoms with van der Waals surface area (Å²) < 4.78 is 5.62. The Hall–Kier alpha value is -0.520. The molecular weight excluding hydrogens is 271 g/mol. The lowest BCUT2D eigenvalue weighted by Gasteiger charge is -2.00. The van der Waals surface area contributed by atoms with E-state index in [4.69, 9.17) is 4.42 Å². The van der Waals surface area contributed by atoms with Gasteiger partial charge in [0.05, 0.1) is 0 Å². The van der Waals surface area contributed by atoms with Crippen LogP contribution >= 0.6 is 28.3 Å². The molecule has 1 aromatic rings. The van der Waals surface area contributed by atoms with Crippen molar-refractivity contribution in [2.24, 2.45) is 0 Å². The Balaban J connectivity index is 0.00000169. The second-order valence-electron chi connectivity index (χ2n) is 2.46. The van der Waals surface area contributed by atoms with Gasteiger partial charge in [-0.1, -0.05) is 0 Å².